The molecule has 0 bridgehead atoms. The molecular formula is C34H30NO4+. The second-order valence-electron chi connectivity index (χ2n) is 9.45. The van der Waals surface area contributed by atoms with Gasteiger partial charge in [0, 0.05) is 35.4 Å². The third kappa shape index (κ3) is 3.89. The Kier molecular flexibility index (Phi) is 6.20. The van der Waals surface area contributed by atoms with Crippen LogP contribution in [-0.2, 0) is 0 Å². The Labute approximate surface area is 227 Å². The van der Waals surface area contributed by atoms with Gasteiger partial charge in [-0.15, -0.1) is 0 Å². The molecule has 0 saturated heterocycles. The number of hydrogen-bond donors (Lipinski definition) is 0. The minimum absolute atomic E-state index is 0.697. The van der Waals surface area contributed by atoms with Gasteiger partial charge >= 0.3 is 0 Å². The molecule has 0 atom stereocenters. The number of hydrogen-bond acceptors (Lipinski definition) is 4. The maximum atomic E-state index is 5.98. The van der Waals surface area contributed by atoms with Crippen molar-refractivity contribution >= 4 is 27.1 Å². The van der Waals surface area contributed by atoms with Gasteiger partial charge in [-0.3, -0.25) is 0 Å². The van der Waals surface area contributed by atoms with Crippen LogP contribution in [0.2, 0.25) is 0 Å². The highest BCUT2D eigenvalue weighted by Crippen LogP contribution is 2.45. The number of benzene rings is 4. The maximum absolute atomic E-state index is 5.98. The molecule has 6 rings (SSSR count). The topological polar surface area (TPSA) is 41.0 Å². The summed E-state index contributed by atoms with van der Waals surface area (Å²) in [5.74, 6) is 2.83. The predicted octanol–water partition coefficient (Wildman–Crippen LogP) is 7.41. The van der Waals surface area contributed by atoms with E-state index in [1.165, 1.54) is 5.56 Å². The van der Waals surface area contributed by atoms with E-state index in [9.17, 15) is 0 Å². The summed E-state index contributed by atoms with van der Waals surface area (Å²) in [6.45, 7) is 2.14. The molecule has 4 aromatic carbocycles. The molecule has 0 amide bonds. The lowest BCUT2D eigenvalue weighted by atomic mass is 9.93. The van der Waals surface area contributed by atoms with Gasteiger partial charge in [-0.1, -0.05) is 54.6 Å². The highest BCUT2D eigenvalue weighted by Gasteiger charge is 2.24. The van der Waals surface area contributed by atoms with Crippen LogP contribution in [0.4, 0.5) is 0 Å². The van der Waals surface area contributed by atoms with E-state index in [-0.39, 0.29) is 0 Å². The lowest BCUT2D eigenvalue weighted by molar-refractivity contribution is -0.516. The van der Waals surface area contributed by atoms with Gasteiger partial charge in [0.1, 0.15) is 0 Å². The summed E-state index contributed by atoms with van der Waals surface area (Å²) < 4.78 is 25.3. The number of pyridine rings is 2. The molecule has 0 unspecified atom stereocenters. The highest BCUT2D eigenvalue weighted by molar-refractivity contribution is 6.07. The Morgan fingerprint density at radius 2 is 1.18 bits per heavy atom. The number of ether oxygens (including phenoxy) is 4. The molecule has 0 saturated carbocycles. The standard InChI is InChI=1S/C34H30NO4/c1-21-27-20-31(37-3)34(39-5)32(24-13-11-23(12-14-24)22-9-7-6-8-10-22)28(27)19-29-25-15-16-30(36-2)33(38-4)26(25)17-18-35(21)29/h6-20H,1-5H3/q+1. The lowest BCUT2D eigenvalue weighted by Crippen LogP contribution is -2.26. The highest BCUT2D eigenvalue weighted by atomic mass is 16.5. The van der Waals surface area contributed by atoms with E-state index in [1.807, 2.05) is 12.1 Å². The zero-order valence-electron chi connectivity index (χ0n) is 22.7. The Balaban J connectivity index is 1.69. The van der Waals surface area contributed by atoms with E-state index >= 15 is 0 Å². The van der Waals surface area contributed by atoms with E-state index in [4.69, 9.17) is 18.9 Å². The third-order valence-corrected chi connectivity index (χ3v) is 7.53. The quantitative estimate of drug-likeness (QED) is 0.131. The summed E-state index contributed by atoms with van der Waals surface area (Å²) in [7, 11) is 6.71. The summed E-state index contributed by atoms with van der Waals surface area (Å²) >= 11 is 0. The van der Waals surface area contributed by atoms with Crippen LogP contribution in [0.25, 0.3) is 49.3 Å². The lowest BCUT2D eigenvalue weighted by Gasteiger charge is -2.17. The molecule has 0 radical (unpaired) electrons. The van der Waals surface area contributed by atoms with Crippen LogP contribution in [0.1, 0.15) is 5.69 Å². The summed E-state index contributed by atoms with van der Waals surface area (Å²) in [4.78, 5) is 0. The average molecular weight is 517 g/mol. The minimum Gasteiger partial charge on any atom is -0.493 e. The van der Waals surface area contributed by atoms with Crippen molar-refractivity contribution in [2.75, 3.05) is 28.4 Å². The largest absolute Gasteiger partial charge is 0.493 e. The first kappa shape index (κ1) is 24.6. The fourth-order valence-electron chi connectivity index (χ4n) is 5.61. The van der Waals surface area contributed by atoms with Crippen molar-refractivity contribution in [3.63, 3.8) is 0 Å². The molecule has 0 N–H and O–H groups in total. The Hall–Kier alpha value is -4.77. The Morgan fingerprint density at radius 1 is 0.513 bits per heavy atom. The number of fused-ring (bicyclic) bond motifs is 4. The maximum Gasteiger partial charge on any atom is 0.219 e. The molecule has 2 aromatic heterocycles. The van der Waals surface area contributed by atoms with Crippen molar-refractivity contribution in [3.05, 3.63) is 96.8 Å². The van der Waals surface area contributed by atoms with Crippen LogP contribution in [0, 0.1) is 6.92 Å². The van der Waals surface area contributed by atoms with E-state index < -0.39 is 0 Å². The van der Waals surface area contributed by atoms with Crippen LogP contribution < -0.4 is 23.3 Å². The zero-order chi connectivity index (χ0) is 27.1. The molecule has 0 fully saturated rings. The zero-order valence-corrected chi connectivity index (χ0v) is 22.7. The first-order valence-electron chi connectivity index (χ1n) is 12.8. The molecule has 194 valence electrons. The van der Waals surface area contributed by atoms with Gasteiger partial charge in [0.05, 0.1) is 39.2 Å². The van der Waals surface area contributed by atoms with Gasteiger partial charge < -0.3 is 18.9 Å². The molecule has 5 heteroatoms. The first-order chi connectivity index (χ1) is 19.1. The molecule has 39 heavy (non-hydrogen) atoms. The Bertz CT molecular complexity index is 1840. The number of rotatable bonds is 6. The fourth-order valence-corrected chi connectivity index (χ4v) is 5.61. The molecule has 0 spiro atoms. The SMILES string of the molecule is COc1cc2c(C)[n+]3ccc4c(OC)c(OC)ccc4c3cc2c(-c2ccc(-c3ccccc3)cc2)c1OC. The van der Waals surface area contributed by atoms with E-state index in [2.05, 4.69) is 90.3 Å². The van der Waals surface area contributed by atoms with Gasteiger partial charge in [-0.2, -0.15) is 4.40 Å². The monoisotopic (exact) mass is 516 g/mol. The summed E-state index contributed by atoms with van der Waals surface area (Å²) in [6, 6.07) is 29.4. The second kappa shape index (κ2) is 9.84. The first-order valence-corrected chi connectivity index (χ1v) is 12.8. The van der Waals surface area contributed by atoms with Crippen LogP contribution in [0.5, 0.6) is 23.0 Å². The molecule has 2 heterocycles. The van der Waals surface area contributed by atoms with E-state index in [1.54, 1.807) is 28.4 Å². The van der Waals surface area contributed by atoms with Crippen molar-refractivity contribution in [2.24, 2.45) is 0 Å². The van der Waals surface area contributed by atoms with Crippen molar-refractivity contribution < 1.29 is 23.3 Å². The van der Waals surface area contributed by atoms with Crippen molar-refractivity contribution in [1.82, 2.24) is 0 Å². The molecule has 6 aromatic rings. The average Bonchev–Trinajstić information content (AvgIpc) is 3.00. The van der Waals surface area contributed by atoms with Crippen LogP contribution in [-0.4, -0.2) is 28.4 Å². The van der Waals surface area contributed by atoms with Crippen molar-refractivity contribution in [1.29, 1.82) is 0 Å². The summed E-state index contributed by atoms with van der Waals surface area (Å²) in [6.07, 6.45) is 2.08. The molecular weight excluding hydrogens is 486 g/mol. The molecule has 5 nitrogen and oxygen atoms in total. The van der Waals surface area contributed by atoms with E-state index in [0.717, 1.165) is 55.2 Å². The molecule has 0 aliphatic carbocycles. The third-order valence-electron chi connectivity index (χ3n) is 7.53. The number of nitrogens with zero attached hydrogens (tertiary/aromatic N) is 1. The number of aryl methyl sites for hydroxylation is 1. The minimum atomic E-state index is 0.697. The van der Waals surface area contributed by atoms with Gasteiger partial charge in [-0.05, 0) is 34.9 Å². The fraction of sp³-hybridized carbons (Fsp3) is 0.147. The molecule has 0 aliphatic rings. The normalized spacial score (nSPS) is 11.2. The van der Waals surface area contributed by atoms with E-state index in [0.29, 0.717) is 17.2 Å². The molecule has 0 aliphatic heterocycles. The predicted molar refractivity (Wildman–Crippen MR) is 156 cm³/mol. The second-order valence-corrected chi connectivity index (χ2v) is 9.45. The summed E-state index contributed by atoms with van der Waals surface area (Å²) in [5, 5.41) is 4.23. The summed E-state index contributed by atoms with van der Waals surface area (Å²) in [5.41, 5.74) is 6.55. The van der Waals surface area contributed by atoms with Crippen molar-refractivity contribution in [2.45, 2.75) is 6.92 Å². The van der Waals surface area contributed by atoms with Gasteiger partial charge in [0.2, 0.25) is 5.52 Å². The van der Waals surface area contributed by atoms with Gasteiger partial charge in [0.25, 0.3) is 0 Å². The van der Waals surface area contributed by atoms with Gasteiger partial charge in [0.15, 0.2) is 34.9 Å². The smallest absolute Gasteiger partial charge is 0.219 e. The van der Waals surface area contributed by atoms with Crippen LogP contribution in [0.3, 0.4) is 0 Å². The number of methoxy groups -OCH3 is 4. The van der Waals surface area contributed by atoms with Crippen LogP contribution >= 0.6 is 0 Å². The van der Waals surface area contributed by atoms with Gasteiger partial charge in [-0.25, -0.2) is 0 Å². The number of aromatic nitrogens is 1. The Morgan fingerprint density at radius 3 is 1.85 bits per heavy atom. The van der Waals surface area contributed by atoms with Crippen LogP contribution in [0.15, 0.2) is 91.1 Å². The van der Waals surface area contributed by atoms with Crippen molar-refractivity contribution in [3.8, 4) is 45.3 Å².